The van der Waals surface area contributed by atoms with Crippen molar-refractivity contribution in [3.8, 4) is 0 Å². The summed E-state index contributed by atoms with van der Waals surface area (Å²) in [5.74, 6) is -0.235. The summed E-state index contributed by atoms with van der Waals surface area (Å²) in [6.45, 7) is 6.18. The van der Waals surface area contributed by atoms with E-state index >= 15 is 0 Å². The van der Waals surface area contributed by atoms with Crippen molar-refractivity contribution >= 4 is 28.4 Å². The lowest BCUT2D eigenvalue weighted by molar-refractivity contribution is -0.139. The van der Waals surface area contributed by atoms with Crippen LogP contribution in [0.4, 0.5) is 10.1 Å². The highest BCUT2D eigenvalue weighted by molar-refractivity contribution is 5.93. The zero-order chi connectivity index (χ0) is 30.6. The van der Waals surface area contributed by atoms with E-state index in [1.807, 2.05) is 22.6 Å². The van der Waals surface area contributed by atoms with Crippen molar-refractivity contribution < 1.29 is 28.2 Å². The molecule has 2 amide bonds. The number of likely N-dealkylation sites (tertiary alicyclic amines) is 1. The number of fused-ring (bicyclic) bond motifs is 1. The van der Waals surface area contributed by atoms with Crippen molar-refractivity contribution in [3.05, 3.63) is 30.2 Å². The van der Waals surface area contributed by atoms with Gasteiger partial charge in [-0.05, 0) is 63.8 Å². The first-order valence-electron chi connectivity index (χ1n) is 15.9. The minimum Gasteiger partial charge on any atom is -0.382 e. The van der Waals surface area contributed by atoms with E-state index in [9.17, 15) is 14.0 Å². The molecule has 1 saturated heterocycles. The highest BCUT2D eigenvalue weighted by Gasteiger charge is 2.38. The van der Waals surface area contributed by atoms with Gasteiger partial charge in [0.05, 0.1) is 50.3 Å². The second kappa shape index (κ2) is 16.9. The summed E-state index contributed by atoms with van der Waals surface area (Å²) in [5.41, 5.74) is 1.69. The Bertz CT molecular complexity index is 1170. The van der Waals surface area contributed by atoms with E-state index in [2.05, 4.69) is 16.0 Å². The predicted molar refractivity (Wildman–Crippen MR) is 166 cm³/mol. The van der Waals surface area contributed by atoms with Crippen molar-refractivity contribution in [3.63, 3.8) is 0 Å². The molecule has 4 rings (SSSR count). The molecule has 2 fully saturated rings. The first-order chi connectivity index (χ1) is 20.9. The third-order valence-corrected chi connectivity index (χ3v) is 8.82. The molecule has 1 saturated carbocycles. The van der Waals surface area contributed by atoms with Crippen LogP contribution >= 0.6 is 0 Å². The molecule has 1 aromatic heterocycles. The molecular weight excluding hydrogens is 553 g/mol. The normalized spacial score (nSPS) is 19.1. The smallest absolute Gasteiger partial charge is 0.245 e. The number of carbonyl (C=O) groups is 2. The minimum absolute atomic E-state index is 0.0116. The minimum atomic E-state index is -0.500. The lowest BCUT2D eigenvalue weighted by atomic mass is 9.83. The number of rotatable bonds is 17. The fourth-order valence-corrected chi connectivity index (χ4v) is 6.22. The maximum atomic E-state index is 14.2. The molecule has 240 valence electrons. The van der Waals surface area contributed by atoms with Gasteiger partial charge in [0.15, 0.2) is 0 Å². The molecule has 0 spiro atoms. The van der Waals surface area contributed by atoms with Crippen molar-refractivity contribution in [2.24, 2.45) is 5.92 Å². The molecule has 0 radical (unpaired) electrons. The average molecular weight is 604 g/mol. The molecule has 10 nitrogen and oxygen atoms in total. The highest BCUT2D eigenvalue weighted by Crippen LogP contribution is 2.31. The zero-order valence-electron chi connectivity index (χ0n) is 26.0. The fraction of sp³-hybridized carbons (Fsp3) is 0.688. The monoisotopic (exact) mass is 603 g/mol. The number of nitrogens with one attached hydrogen (secondary N) is 3. The van der Waals surface area contributed by atoms with Crippen LogP contribution in [0.25, 0.3) is 10.9 Å². The molecule has 2 aliphatic rings. The topological polar surface area (TPSA) is 106 Å². The number of hydrogen-bond donors (Lipinski definition) is 3. The number of benzene rings is 1. The van der Waals surface area contributed by atoms with Gasteiger partial charge in [0.2, 0.25) is 11.8 Å². The van der Waals surface area contributed by atoms with Gasteiger partial charge in [0.25, 0.3) is 0 Å². The van der Waals surface area contributed by atoms with Crippen LogP contribution in [0.2, 0.25) is 0 Å². The summed E-state index contributed by atoms with van der Waals surface area (Å²) in [4.78, 5) is 28.8. The van der Waals surface area contributed by atoms with Gasteiger partial charge < -0.3 is 39.6 Å². The summed E-state index contributed by atoms with van der Waals surface area (Å²) in [6, 6.07) is 3.96. The predicted octanol–water partition coefficient (Wildman–Crippen LogP) is 3.54. The van der Waals surface area contributed by atoms with Crippen LogP contribution in [0, 0.1) is 11.7 Å². The number of methoxy groups -OCH3 is 1. The van der Waals surface area contributed by atoms with Gasteiger partial charge in [-0.1, -0.05) is 19.3 Å². The van der Waals surface area contributed by atoms with Gasteiger partial charge in [-0.25, -0.2) is 4.39 Å². The van der Waals surface area contributed by atoms with E-state index in [1.54, 1.807) is 26.3 Å². The summed E-state index contributed by atoms with van der Waals surface area (Å²) >= 11 is 0. The molecule has 2 heterocycles. The molecule has 1 aliphatic carbocycles. The van der Waals surface area contributed by atoms with Crippen LogP contribution in [0.3, 0.4) is 0 Å². The van der Waals surface area contributed by atoms with Gasteiger partial charge in [-0.15, -0.1) is 0 Å². The van der Waals surface area contributed by atoms with Gasteiger partial charge in [0, 0.05) is 44.4 Å². The van der Waals surface area contributed by atoms with Crippen LogP contribution in [-0.2, 0) is 30.3 Å². The van der Waals surface area contributed by atoms with Gasteiger partial charge in [-0.2, -0.15) is 0 Å². The molecular formula is C32H50FN5O5. The number of halogens is 1. The Morgan fingerprint density at radius 3 is 2.51 bits per heavy atom. The van der Waals surface area contributed by atoms with Crippen LogP contribution in [-0.4, -0.2) is 99.7 Å². The first kappa shape index (κ1) is 33.2. The molecule has 3 N–H and O–H groups in total. The van der Waals surface area contributed by atoms with Crippen LogP contribution in [0.1, 0.15) is 51.9 Å². The Morgan fingerprint density at radius 2 is 1.77 bits per heavy atom. The molecule has 43 heavy (non-hydrogen) atoms. The fourth-order valence-electron chi connectivity index (χ4n) is 6.22. The van der Waals surface area contributed by atoms with Crippen molar-refractivity contribution in [1.82, 2.24) is 20.1 Å². The number of amides is 2. The van der Waals surface area contributed by atoms with E-state index in [0.29, 0.717) is 52.7 Å². The molecule has 3 atom stereocenters. The largest absolute Gasteiger partial charge is 0.382 e. The average Bonchev–Trinajstić information content (AvgIpc) is 3.63. The van der Waals surface area contributed by atoms with Crippen LogP contribution < -0.4 is 16.0 Å². The number of hydrogen-bond acceptors (Lipinski definition) is 7. The standard InChI is InChI=1S/C32H50FN5O5/c1-23(34-2)31(39)36-30(24-8-5-4-6-9-24)32(40)38-13-7-10-26(38)21-35-28-22-37(29-20-25(33)11-12-27(28)29)14-15-42-18-19-43-17-16-41-3/h11-12,20,22-24,26,30,34-35H,4-10,13-19,21H2,1-3H3,(H,36,39)/t23-,26?,30-/m0/s1. The summed E-state index contributed by atoms with van der Waals surface area (Å²) in [6.07, 6.45) is 9.10. The van der Waals surface area contributed by atoms with E-state index < -0.39 is 6.04 Å². The number of anilines is 1. The number of ether oxygens (including phenoxy) is 3. The van der Waals surface area contributed by atoms with Crippen molar-refractivity contribution in [1.29, 1.82) is 0 Å². The van der Waals surface area contributed by atoms with E-state index in [1.165, 1.54) is 12.5 Å². The third-order valence-electron chi connectivity index (χ3n) is 8.82. The van der Waals surface area contributed by atoms with E-state index in [-0.39, 0.29) is 35.6 Å². The first-order valence-corrected chi connectivity index (χ1v) is 15.9. The van der Waals surface area contributed by atoms with E-state index in [4.69, 9.17) is 14.2 Å². The quantitative estimate of drug-likeness (QED) is 0.238. The maximum absolute atomic E-state index is 14.2. The molecule has 1 aromatic carbocycles. The Balaban J connectivity index is 1.39. The maximum Gasteiger partial charge on any atom is 0.245 e. The lowest BCUT2D eigenvalue weighted by Crippen LogP contribution is -2.57. The zero-order valence-corrected chi connectivity index (χ0v) is 26.0. The molecule has 0 bridgehead atoms. The van der Waals surface area contributed by atoms with Gasteiger partial charge in [-0.3, -0.25) is 9.59 Å². The number of carbonyl (C=O) groups excluding carboxylic acids is 2. The van der Waals surface area contributed by atoms with Crippen LogP contribution in [0.5, 0.6) is 0 Å². The molecule has 1 aliphatic heterocycles. The third kappa shape index (κ3) is 9.14. The van der Waals surface area contributed by atoms with E-state index in [0.717, 1.165) is 55.1 Å². The summed E-state index contributed by atoms with van der Waals surface area (Å²) < 4.78 is 32.3. The summed E-state index contributed by atoms with van der Waals surface area (Å²) in [5, 5.41) is 10.6. The van der Waals surface area contributed by atoms with Gasteiger partial charge in [0.1, 0.15) is 11.9 Å². The molecule has 11 heteroatoms. The Morgan fingerprint density at radius 1 is 1.02 bits per heavy atom. The summed E-state index contributed by atoms with van der Waals surface area (Å²) in [7, 11) is 3.39. The highest BCUT2D eigenvalue weighted by atomic mass is 19.1. The second-order valence-corrected chi connectivity index (χ2v) is 11.7. The number of nitrogens with zero attached hydrogens (tertiary/aromatic N) is 2. The second-order valence-electron chi connectivity index (χ2n) is 11.7. The Labute approximate surface area is 255 Å². The van der Waals surface area contributed by atoms with Crippen molar-refractivity contribution in [2.75, 3.05) is 65.6 Å². The molecule has 1 unspecified atom stereocenters. The molecule has 2 aromatic rings. The van der Waals surface area contributed by atoms with Crippen LogP contribution in [0.15, 0.2) is 24.4 Å². The van der Waals surface area contributed by atoms with Crippen molar-refractivity contribution in [2.45, 2.75) is 76.5 Å². The number of likely N-dealkylation sites (N-methyl/N-ethyl adjacent to an activating group) is 1. The van der Waals surface area contributed by atoms with Gasteiger partial charge >= 0.3 is 0 Å². The lowest BCUT2D eigenvalue weighted by Gasteiger charge is -2.35. The Kier molecular flexibility index (Phi) is 13.1. The number of aromatic nitrogens is 1. The SMILES string of the molecule is CN[C@@H](C)C(=O)N[C@H](C(=O)N1CCCC1CNc1cn(CCOCCOCCOC)c2cc(F)ccc12)C1CCCCC1. The Hall–Kier alpha value is -2.73.